The number of ether oxygens (including phenoxy) is 1. The summed E-state index contributed by atoms with van der Waals surface area (Å²) in [5.41, 5.74) is 2.16. The number of piperidine rings is 1. The Kier molecular flexibility index (Phi) is 3.72. The van der Waals surface area contributed by atoms with Gasteiger partial charge in [0.15, 0.2) is 5.75 Å². The summed E-state index contributed by atoms with van der Waals surface area (Å²) in [6.45, 7) is 10.5. The molecule has 0 unspecified atom stereocenters. The second-order valence-corrected chi connectivity index (χ2v) is 5.11. The maximum atomic E-state index is 6.12. The van der Waals surface area contributed by atoms with Gasteiger partial charge in [0.1, 0.15) is 11.8 Å². The van der Waals surface area contributed by atoms with Crippen LogP contribution >= 0.6 is 0 Å². The van der Waals surface area contributed by atoms with Gasteiger partial charge in [-0.05, 0) is 53.6 Å². The minimum Gasteiger partial charge on any atom is -0.486 e. The summed E-state index contributed by atoms with van der Waals surface area (Å²) in [5.74, 6) is 0.991. The van der Waals surface area contributed by atoms with Crippen LogP contribution in [0, 0.1) is 13.8 Å². The molecule has 0 bridgehead atoms. The lowest BCUT2D eigenvalue weighted by Crippen LogP contribution is -2.34. The van der Waals surface area contributed by atoms with Gasteiger partial charge in [-0.25, -0.2) is 0 Å². The number of hydrogen-bond acceptors (Lipinski definition) is 3. The molecule has 0 aromatic carbocycles. The molecule has 17 heavy (non-hydrogen) atoms. The SMILES string of the molecule is Cc1nn(C(C)C)c(C)c1OC1CCNCC1. The standard InChI is InChI=1S/C13H23N3O/c1-9(2)16-11(4)13(10(3)15-16)17-12-5-7-14-8-6-12/h9,12,14H,5-8H2,1-4H3. The molecule has 0 amide bonds. The molecular weight excluding hydrogens is 214 g/mol. The van der Waals surface area contributed by atoms with Crippen molar-refractivity contribution in [2.45, 2.75) is 52.7 Å². The zero-order valence-electron chi connectivity index (χ0n) is 11.3. The van der Waals surface area contributed by atoms with Crippen LogP contribution in [0.25, 0.3) is 0 Å². The molecule has 1 N–H and O–H groups in total. The second kappa shape index (κ2) is 5.08. The first-order valence-corrected chi connectivity index (χ1v) is 6.52. The number of nitrogens with one attached hydrogen (secondary N) is 1. The Balaban J connectivity index is 2.14. The van der Waals surface area contributed by atoms with Gasteiger partial charge in [0.2, 0.25) is 0 Å². The van der Waals surface area contributed by atoms with Gasteiger partial charge in [0.25, 0.3) is 0 Å². The minimum absolute atomic E-state index is 0.346. The molecular formula is C13H23N3O. The molecule has 0 radical (unpaired) electrons. The highest BCUT2D eigenvalue weighted by Crippen LogP contribution is 2.27. The van der Waals surface area contributed by atoms with E-state index in [-0.39, 0.29) is 0 Å². The van der Waals surface area contributed by atoms with E-state index in [1.165, 1.54) is 0 Å². The summed E-state index contributed by atoms with van der Waals surface area (Å²) < 4.78 is 8.17. The molecule has 1 fully saturated rings. The first kappa shape index (κ1) is 12.4. The molecule has 1 aliphatic heterocycles. The quantitative estimate of drug-likeness (QED) is 0.876. The first-order valence-electron chi connectivity index (χ1n) is 6.52. The van der Waals surface area contributed by atoms with Crippen LogP contribution in [-0.4, -0.2) is 29.0 Å². The Hall–Kier alpha value is -1.03. The number of hydrogen-bond donors (Lipinski definition) is 1. The molecule has 2 heterocycles. The summed E-state index contributed by atoms with van der Waals surface area (Å²) in [7, 11) is 0. The smallest absolute Gasteiger partial charge is 0.163 e. The van der Waals surface area contributed by atoms with Gasteiger partial charge in [-0.3, -0.25) is 4.68 Å². The average Bonchev–Trinajstić information content (AvgIpc) is 2.58. The average molecular weight is 237 g/mol. The lowest BCUT2D eigenvalue weighted by molar-refractivity contribution is 0.160. The van der Waals surface area contributed by atoms with Crippen LogP contribution in [0.2, 0.25) is 0 Å². The molecule has 4 heteroatoms. The predicted octanol–water partition coefficient (Wildman–Crippen LogP) is 2.21. The van der Waals surface area contributed by atoms with E-state index < -0.39 is 0 Å². The van der Waals surface area contributed by atoms with Crippen molar-refractivity contribution < 1.29 is 4.74 Å². The topological polar surface area (TPSA) is 39.1 Å². The summed E-state index contributed by atoms with van der Waals surface area (Å²) in [6.07, 6.45) is 2.52. The van der Waals surface area contributed by atoms with E-state index in [1.807, 2.05) is 11.6 Å². The molecule has 0 spiro atoms. The van der Waals surface area contributed by atoms with E-state index in [0.717, 1.165) is 43.1 Å². The maximum Gasteiger partial charge on any atom is 0.163 e. The lowest BCUT2D eigenvalue weighted by atomic mass is 10.1. The van der Waals surface area contributed by atoms with E-state index in [2.05, 4.69) is 31.2 Å². The molecule has 0 atom stereocenters. The number of aromatic nitrogens is 2. The van der Waals surface area contributed by atoms with Crippen LogP contribution in [0.15, 0.2) is 0 Å². The van der Waals surface area contributed by atoms with Crippen molar-refractivity contribution in [2.75, 3.05) is 13.1 Å². The lowest BCUT2D eigenvalue weighted by Gasteiger charge is -2.24. The Bertz CT molecular complexity index is 378. The normalized spacial score (nSPS) is 17.7. The van der Waals surface area contributed by atoms with Crippen LogP contribution in [0.5, 0.6) is 5.75 Å². The van der Waals surface area contributed by atoms with E-state index in [0.29, 0.717) is 12.1 Å². The molecule has 1 aromatic rings. The van der Waals surface area contributed by atoms with Gasteiger partial charge >= 0.3 is 0 Å². The van der Waals surface area contributed by atoms with E-state index in [9.17, 15) is 0 Å². The molecule has 1 aliphatic rings. The first-order chi connectivity index (χ1) is 8.09. The predicted molar refractivity (Wildman–Crippen MR) is 68.6 cm³/mol. The fourth-order valence-electron chi connectivity index (χ4n) is 2.40. The van der Waals surface area contributed by atoms with Crippen LogP contribution in [0.4, 0.5) is 0 Å². The third-order valence-electron chi connectivity index (χ3n) is 3.32. The number of aryl methyl sites for hydroxylation is 1. The van der Waals surface area contributed by atoms with Gasteiger partial charge < -0.3 is 10.1 Å². The van der Waals surface area contributed by atoms with Gasteiger partial charge in [-0.2, -0.15) is 5.10 Å². The fraction of sp³-hybridized carbons (Fsp3) is 0.769. The third-order valence-corrected chi connectivity index (χ3v) is 3.32. The third kappa shape index (κ3) is 2.63. The van der Waals surface area contributed by atoms with Crippen LogP contribution < -0.4 is 10.1 Å². The van der Waals surface area contributed by atoms with Crippen molar-refractivity contribution in [3.8, 4) is 5.75 Å². The molecule has 0 aliphatic carbocycles. The Labute approximate surface area is 103 Å². The van der Waals surface area contributed by atoms with Gasteiger partial charge in [0.05, 0.1) is 5.69 Å². The zero-order chi connectivity index (χ0) is 12.4. The highest BCUT2D eigenvalue weighted by molar-refractivity contribution is 5.32. The molecule has 1 aromatic heterocycles. The number of rotatable bonds is 3. The maximum absolute atomic E-state index is 6.12. The number of nitrogens with zero attached hydrogens (tertiary/aromatic N) is 2. The van der Waals surface area contributed by atoms with Crippen LogP contribution in [0.3, 0.4) is 0 Å². The van der Waals surface area contributed by atoms with Crippen LogP contribution in [0.1, 0.15) is 44.1 Å². The Morgan fingerprint density at radius 3 is 2.47 bits per heavy atom. The Morgan fingerprint density at radius 1 is 1.29 bits per heavy atom. The second-order valence-electron chi connectivity index (χ2n) is 5.11. The minimum atomic E-state index is 0.346. The molecule has 2 rings (SSSR count). The summed E-state index contributed by atoms with van der Waals surface area (Å²) in [4.78, 5) is 0. The summed E-state index contributed by atoms with van der Waals surface area (Å²) in [5, 5.41) is 7.90. The molecule has 4 nitrogen and oxygen atoms in total. The molecule has 96 valence electrons. The summed E-state index contributed by atoms with van der Waals surface area (Å²) >= 11 is 0. The van der Waals surface area contributed by atoms with Crippen molar-refractivity contribution >= 4 is 0 Å². The Morgan fingerprint density at radius 2 is 1.94 bits per heavy atom. The largest absolute Gasteiger partial charge is 0.486 e. The van der Waals surface area contributed by atoms with Crippen molar-refractivity contribution in [1.29, 1.82) is 0 Å². The van der Waals surface area contributed by atoms with Crippen molar-refractivity contribution in [3.05, 3.63) is 11.4 Å². The van der Waals surface area contributed by atoms with Gasteiger partial charge in [-0.1, -0.05) is 0 Å². The van der Waals surface area contributed by atoms with E-state index in [4.69, 9.17) is 4.74 Å². The van der Waals surface area contributed by atoms with Gasteiger partial charge in [-0.15, -0.1) is 0 Å². The monoisotopic (exact) mass is 237 g/mol. The highest BCUT2D eigenvalue weighted by atomic mass is 16.5. The van der Waals surface area contributed by atoms with Crippen LogP contribution in [-0.2, 0) is 0 Å². The van der Waals surface area contributed by atoms with Crippen molar-refractivity contribution in [1.82, 2.24) is 15.1 Å². The van der Waals surface area contributed by atoms with E-state index >= 15 is 0 Å². The fourth-order valence-corrected chi connectivity index (χ4v) is 2.40. The zero-order valence-corrected chi connectivity index (χ0v) is 11.3. The highest BCUT2D eigenvalue weighted by Gasteiger charge is 2.20. The van der Waals surface area contributed by atoms with Crippen molar-refractivity contribution in [3.63, 3.8) is 0 Å². The molecule has 1 saturated heterocycles. The van der Waals surface area contributed by atoms with Crippen molar-refractivity contribution in [2.24, 2.45) is 0 Å². The molecule has 0 saturated carbocycles. The van der Waals surface area contributed by atoms with Gasteiger partial charge in [0, 0.05) is 6.04 Å². The summed E-state index contributed by atoms with van der Waals surface area (Å²) in [6, 6.07) is 0.388. The van der Waals surface area contributed by atoms with E-state index in [1.54, 1.807) is 0 Å².